The van der Waals surface area contributed by atoms with Crippen molar-refractivity contribution in [3.8, 4) is 0 Å². The van der Waals surface area contributed by atoms with Crippen molar-refractivity contribution in [1.29, 1.82) is 0 Å². The van der Waals surface area contributed by atoms with Crippen molar-refractivity contribution in [2.24, 2.45) is 0 Å². The first kappa shape index (κ1) is 16.2. The third-order valence-electron chi connectivity index (χ3n) is 4.14. The van der Waals surface area contributed by atoms with Gasteiger partial charge in [-0.05, 0) is 38.5 Å². The summed E-state index contributed by atoms with van der Waals surface area (Å²) in [6, 6.07) is 9.86. The van der Waals surface area contributed by atoms with E-state index in [1.165, 1.54) is 0 Å². The van der Waals surface area contributed by atoms with Gasteiger partial charge in [-0.1, -0.05) is 19.1 Å². The molecule has 0 aliphatic carbocycles. The van der Waals surface area contributed by atoms with Crippen molar-refractivity contribution in [1.82, 2.24) is 24.6 Å². The molecule has 6 heteroatoms. The molecule has 0 saturated carbocycles. The van der Waals surface area contributed by atoms with Gasteiger partial charge in [0, 0.05) is 18.4 Å². The van der Waals surface area contributed by atoms with Crippen LogP contribution in [0.1, 0.15) is 45.1 Å². The molecule has 0 bridgehead atoms. The molecule has 3 aromatic rings. The van der Waals surface area contributed by atoms with Crippen LogP contribution in [0.2, 0.25) is 0 Å². The van der Waals surface area contributed by atoms with Gasteiger partial charge in [-0.2, -0.15) is 5.10 Å². The predicted molar refractivity (Wildman–Crippen MR) is 93.5 cm³/mol. The SMILES string of the molecule is CCC(C(=O)NCc1nc2ccccc2n1C(C)C)n1cccn1. The average Bonchev–Trinajstić information content (AvgIpc) is 3.20. The molecule has 1 N–H and O–H groups in total. The molecule has 1 unspecified atom stereocenters. The number of amides is 1. The second-order valence-corrected chi connectivity index (χ2v) is 6.11. The zero-order valence-electron chi connectivity index (χ0n) is 14.3. The first-order chi connectivity index (χ1) is 11.6. The van der Waals surface area contributed by atoms with E-state index in [1.54, 1.807) is 10.9 Å². The van der Waals surface area contributed by atoms with Crippen LogP contribution in [0.15, 0.2) is 42.7 Å². The molecule has 2 heterocycles. The Morgan fingerprint density at radius 3 is 2.71 bits per heavy atom. The van der Waals surface area contributed by atoms with E-state index < -0.39 is 0 Å². The molecule has 1 aromatic carbocycles. The minimum atomic E-state index is -0.295. The van der Waals surface area contributed by atoms with Crippen molar-refractivity contribution in [3.63, 3.8) is 0 Å². The number of para-hydroxylation sites is 2. The maximum Gasteiger partial charge on any atom is 0.245 e. The van der Waals surface area contributed by atoms with Gasteiger partial charge in [-0.3, -0.25) is 9.48 Å². The number of hydrogen-bond donors (Lipinski definition) is 1. The zero-order chi connectivity index (χ0) is 17.1. The molecule has 6 nitrogen and oxygen atoms in total. The van der Waals surface area contributed by atoms with Crippen molar-refractivity contribution in [2.75, 3.05) is 0 Å². The van der Waals surface area contributed by atoms with Crippen LogP contribution in [0.25, 0.3) is 11.0 Å². The smallest absolute Gasteiger partial charge is 0.245 e. The fourth-order valence-electron chi connectivity index (χ4n) is 3.04. The Hall–Kier alpha value is -2.63. The fraction of sp³-hybridized carbons (Fsp3) is 0.389. The van der Waals surface area contributed by atoms with Gasteiger partial charge in [0.2, 0.25) is 5.91 Å². The summed E-state index contributed by atoms with van der Waals surface area (Å²) in [6.07, 6.45) is 4.19. The van der Waals surface area contributed by atoms with Crippen LogP contribution in [-0.2, 0) is 11.3 Å². The second kappa shape index (κ2) is 6.86. The van der Waals surface area contributed by atoms with Gasteiger partial charge in [0.05, 0.1) is 17.6 Å². The van der Waals surface area contributed by atoms with Crippen molar-refractivity contribution < 1.29 is 4.79 Å². The van der Waals surface area contributed by atoms with E-state index >= 15 is 0 Å². The normalized spacial score (nSPS) is 12.7. The molecule has 24 heavy (non-hydrogen) atoms. The van der Waals surface area contributed by atoms with Crippen LogP contribution < -0.4 is 5.32 Å². The summed E-state index contributed by atoms with van der Waals surface area (Å²) in [5.74, 6) is 0.832. The Morgan fingerprint density at radius 2 is 2.04 bits per heavy atom. The highest BCUT2D eigenvalue weighted by Crippen LogP contribution is 2.21. The quantitative estimate of drug-likeness (QED) is 0.757. The first-order valence-electron chi connectivity index (χ1n) is 8.34. The lowest BCUT2D eigenvalue weighted by Gasteiger charge is -2.17. The molecule has 0 aliphatic rings. The number of nitrogens with zero attached hydrogens (tertiary/aromatic N) is 4. The van der Waals surface area contributed by atoms with Gasteiger partial charge in [-0.15, -0.1) is 0 Å². The first-order valence-corrected chi connectivity index (χ1v) is 8.34. The van der Waals surface area contributed by atoms with Gasteiger partial charge >= 0.3 is 0 Å². The lowest BCUT2D eigenvalue weighted by Crippen LogP contribution is -2.33. The van der Waals surface area contributed by atoms with Crippen molar-refractivity contribution in [2.45, 2.75) is 45.8 Å². The van der Waals surface area contributed by atoms with Crippen LogP contribution in [0.5, 0.6) is 0 Å². The molecular weight excluding hydrogens is 302 g/mol. The van der Waals surface area contributed by atoms with E-state index in [1.807, 2.05) is 37.4 Å². The predicted octanol–water partition coefficient (Wildman–Crippen LogP) is 3.08. The number of benzene rings is 1. The van der Waals surface area contributed by atoms with E-state index in [-0.39, 0.29) is 18.0 Å². The van der Waals surface area contributed by atoms with Crippen LogP contribution in [-0.4, -0.2) is 25.2 Å². The molecule has 126 valence electrons. The topological polar surface area (TPSA) is 64.7 Å². The molecule has 0 radical (unpaired) electrons. The average molecular weight is 325 g/mol. The minimum absolute atomic E-state index is 0.0384. The third-order valence-corrected chi connectivity index (χ3v) is 4.14. The fourth-order valence-corrected chi connectivity index (χ4v) is 3.04. The standard InChI is InChI=1S/C18H23N5O/c1-4-15(22-11-7-10-20-22)18(24)19-12-17-21-14-8-5-6-9-16(14)23(17)13(2)3/h5-11,13,15H,4,12H2,1-3H3,(H,19,24). The van der Waals surface area contributed by atoms with E-state index in [9.17, 15) is 4.79 Å². The van der Waals surface area contributed by atoms with Gasteiger partial charge in [0.25, 0.3) is 0 Å². The Bertz CT molecular complexity index is 819. The molecule has 3 rings (SSSR count). The summed E-state index contributed by atoms with van der Waals surface area (Å²) in [5, 5.41) is 7.19. The number of carbonyl (C=O) groups is 1. The molecular formula is C18H23N5O. The summed E-state index contributed by atoms with van der Waals surface area (Å²) in [7, 11) is 0. The van der Waals surface area contributed by atoms with E-state index in [0.29, 0.717) is 13.0 Å². The molecule has 0 aliphatic heterocycles. The summed E-state index contributed by atoms with van der Waals surface area (Å²) < 4.78 is 3.87. The largest absolute Gasteiger partial charge is 0.347 e. The maximum atomic E-state index is 12.5. The van der Waals surface area contributed by atoms with Crippen molar-refractivity contribution in [3.05, 3.63) is 48.5 Å². The number of nitrogens with one attached hydrogen (secondary N) is 1. The Morgan fingerprint density at radius 1 is 1.25 bits per heavy atom. The van der Waals surface area contributed by atoms with Gasteiger partial charge in [0.1, 0.15) is 11.9 Å². The van der Waals surface area contributed by atoms with Gasteiger partial charge in [-0.25, -0.2) is 4.98 Å². The maximum absolute atomic E-state index is 12.5. The molecule has 1 amide bonds. The van der Waals surface area contributed by atoms with Gasteiger partial charge < -0.3 is 9.88 Å². The lowest BCUT2D eigenvalue weighted by atomic mass is 10.2. The minimum Gasteiger partial charge on any atom is -0.347 e. The van der Waals surface area contributed by atoms with E-state index in [0.717, 1.165) is 16.9 Å². The highest BCUT2D eigenvalue weighted by molar-refractivity contribution is 5.80. The third kappa shape index (κ3) is 3.04. The van der Waals surface area contributed by atoms with Crippen LogP contribution >= 0.6 is 0 Å². The summed E-state index contributed by atoms with van der Waals surface area (Å²) in [6.45, 7) is 6.63. The zero-order valence-corrected chi connectivity index (χ0v) is 14.3. The number of fused-ring (bicyclic) bond motifs is 1. The molecule has 0 fully saturated rings. The number of rotatable bonds is 6. The number of hydrogen-bond acceptors (Lipinski definition) is 3. The summed E-state index contributed by atoms with van der Waals surface area (Å²) >= 11 is 0. The molecule has 0 spiro atoms. The number of carbonyl (C=O) groups excluding carboxylic acids is 1. The van der Waals surface area contributed by atoms with E-state index in [2.05, 4.69) is 39.9 Å². The highest BCUT2D eigenvalue weighted by atomic mass is 16.2. The molecule has 2 aromatic heterocycles. The van der Waals surface area contributed by atoms with Gasteiger partial charge in [0.15, 0.2) is 0 Å². The van der Waals surface area contributed by atoms with Crippen LogP contribution in [0.3, 0.4) is 0 Å². The Kier molecular flexibility index (Phi) is 4.64. The Balaban J connectivity index is 1.80. The van der Waals surface area contributed by atoms with Crippen LogP contribution in [0, 0.1) is 0 Å². The van der Waals surface area contributed by atoms with Crippen molar-refractivity contribution >= 4 is 16.9 Å². The highest BCUT2D eigenvalue weighted by Gasteiger charge is 2.20. The second-order valence-electron chi connectivity index (χ2n) is 6.11. The monoisotopic (exact) mass is 325 g/mol. The van der Waals surface area contributed by atoms with Crippen LogP contribution in [0.4, 0.5) is 0 Å². The molecule has 0 saturated heterocycles. The number of imidazole rings is 1. The summed E-state index contributed by atoms with van der Waals surface area (Å²) in [4.78, 5) is 17.2. The lowest BCUT2D eigenvalue weighted by molar-refractivity contribution is -0.124. The summed E-state index contributed by atoms with van der Waals surface area (Å²) in [5.41, 5.74) is 2.05. The Labute approximate surface area is 141 Å². The van der Waals surface area contributed by atoms with E-state index in [4.69, 9.17) is 0 Å². The number of aromatic nitrogens is 4. The molecule has 1 atom stereocenters.